The number of aryl methyl sites for hydroxylation is 1. The van der Waals surface area contributed by atoms with E-state index in [1.54, 1.807) is 6.07 Å². The van der Waals surface area contributed by atoms with Crippen LogP contribution in [-0.2, 0) is 0 Å². The molecule has 0 aliphatic rings. The molecule has 4 nitrogen and oxygen atoms in total. The first-order valence-corrected chi connectivity index (χ1v) is 8.27. The smallest absolute Gasteiger partial charge is 0.263 e. The summed E-state index contributed by atoms with van der Waals surface area (Å²) in [7, 11) is 0. The third kappa shape index (κ3) is 3.85. The number of hydrogen-bond acceptors (Lipinski definition) is 4. The molecule has 0 saturated carbocycles. The van der Waals surface area contributed by atoms with Crippen molar-refractivity contribution >= 4 is 28.8 Å². The van der Waals surface area contributed by atoms with Crippen LogP contribution in [0.3, 0.4) is 0 Å². The zero-order valence-electron chi connectivity index (χ0n) is 12.8. The number of nitrogens with one attached hydrogen (secondary N) is 1. The summed E-state index contributed by atoms with van der Waals surface area (Å²) in [5, 5.41) is 13.5. The first kappa shape index (κ1) is 16.9. The summed E-state index contributed by atoms with van der Waals surface area (Å²) < 4.78 is 0. The Kier molecular flexibility index (Phi) is 5.56. The molecule has 2 N–H and O–H groups in total. The molecule has 6 heteroatoms. The Morgan fingerprint density at radius 1 is 1.45 bits per heavy atom. The first-order chi connectivity index (χ1) is 10.4. The van der Waals surface area contributed by atoms with Crippen molar-refractivity contribution in [2.24, 2.45) is 5.92 Å². The highest BCUT2D eigenvalue weighted by Crippen LogP contribution is 2.29. The molecule has 1 amide bonds. The number of aliphatic hydroxyl groups excluding tert-OH is 1. The van der Waals surface area contributed by atoms with Crippen molar-refractivity contribution in [2.45, 2.75) is 26.8 Å². The number of aliphatic hydroxyl groups is 1. The van der Waals surface area contributed by atoms with Crippen molar-refractivity contribution in [3.8, 4) is 10.6 Å². The van der Waals surface area contributed by atoms with Gasteiger partial charge in [0.25, 0.3) is 5.91 Å². The predicted octanol–water partition coefficient (Wildman–Crippen LogP) is 3.52. The van der Waals surface area contributed by atoms with E-state index >= 15 is 0 Å². The zero-order valence-corrected chi connectivity index (χ0v) is 14.3. The molecule has 22 heavy (non-hydrogen) atoms. The summed E-state index contributed by atoms with van der Waals surface area (Å²) in [6.07, 6.45) is 0. The van der Waals surface area contributed by atoms with Gasteiger partial charge in [-0.05, 0) is 31.9 Å². The molecule has 0 spiro atoms. The molecule has 118 valence electrons. The second-order valence-electron chi connectivity index (χ2n) is 5.37. The van der Waals surface area contributed by atoms with E-state index in [1.807, 2.05) is 39.0 Å². The Bertz CT molecular complexity index is 672. The Balaban J connectivity index is 2.21. The van der Waals surface area contributed by atoms with Crippen LogP contribution in [0.15, 0.2) is 24.3 Å². The van der Waals surface area contributed by atoms with Gasteiger partial charge in [-0.15, -0.1) is 11.3 Å². The average molecular weight is 339 g/mol. The summed E-state index contributed by atoms with van der Waals surface area (Å²) in [4.78, 5) is 17.4. The number of halogens is 1. The maximum Gasteiger partial charge on any atom is 0.263 e. The molecule has 0 bridgehead atoms. The molecule has 2 rings (SSSR count). The molecule has 1 aromatic heterocycles. The lowest BCUT2D eigenvalue weighted by molar-refractivity contribution is 0.0919. The van der Waals surface area contributed by atoms with Gasteiger partial charge < -0.3 is 10.4 Å². The van der Waals surface area contributed by atoms with Crippen LogP contribution in [0.2, 0.25) is 5.02 Å². The van der Waals surface area contributed by atoms with E-state index in [4.69, 9.17) is 16.7 Å². The number of carbonyl (C=O) groups is 1. The van der Waals surface area contributed by atoms with E-state index in [9.17, 15) is 4.79 Å². The van der Waals surface area contributed by atoms with Crippen LogP contribution in [0.5, 0.6) is 0 Å². The van der Waals surface area contributed by atoms with Gasteiger partial charge in [-0.1, -0.05) is 30.7 Å². The lowest BCUT2D eigenvalue weighted by atomic mass is 10.1. The van der Waals surface area contributed by atoms with Crippen LogP contribution >= 0.6 is 22.9 Å². The molecule has 2 aromatic rings. The standard InChI is InChI=1S/C16H19ClN2O2S/c1-9(8-20)10(2)18-15(21)14-11(3)19-16(22-14)12-5-4-6-13(17)7-12/h4-7,9-10,20H,8H2,1-3H3,(H,18,21). The van der Waals surface area contributed by atoms with Gasteiger partial charge in [-0.3, -0.25) is 4.79 Å². The van der Waals surface area contributed by atoms with Crippen LogP contribution in [0, 0.1) is 12.8 Å². The molecule has 0 radical (unpaired) electrons. The van der Waals surface area contributed by atoms with Crippen LogP contribution in [-0.4, -0.2) is 28.6 Å². The summed E-state index contributed by atoms with van der Waals surface area (Å²) in [6, 6.07) is 7.31. The second kappa shape index (κ2) is 7.22. The molecule has 1 heterocycles. The van der Waals surface area contributed by atoms with Crippen LogP contribution in [0.25, 0.3) is 10.6 Å². The second-order valence-corrected chi connectivity index (χ2v) is 6.80. The van der Waals surface area contributed by atoms with E-state index in [-0.39, 0.29) is 24.5 Å². The monoisotopic (exact) mass is 338 g/mol. The molecule has 0 fully saturated rings. The SMILES string of the molecule is Cc1nc(-c2cccc(Cl)c2)sc1C(=O)NC(C)C(C)CO. The Labute approximate surface area is 139 Å². The number of hydrogen-bond donors (Lipinski definition) is 2. The molecule has 2 atom stereocenters. The lowest BCUT2D eigenvalue weighted by Gasteiger charge is -2.18. The van der Waals surface area contributed by atoms with Gasteiger partial charge in [0, 0.05) is 23.2 Å². The van der Waals surface area contributed by atoms with E-state index < -0.39 is 0 Å². The zero-order chi connectivity index (χ0) is 16.3. The van der Waals surface area contributed by atoms with Gasteiger partial charge >= 0.3 is 0 Å². The predicted molar refractivity (Wildman–Crippen MR) is 90.5 cm³/mol. The number of amides is 1. The Morgan fingerprint density at radius 2 is 2.18 bits per heavy atom. The third-order valence-electron chi connectivity index (χ3n) is 3.57. The van der Waals surface area contributed by atoms with Gasteiger partial charge in [0.15, 0.2) is 0 Å². The fourth-order valence-electron chi connectivity index (χ4n) is 1.92. The summed E-state index contributed by atoms with van der Waals surface area (Å²) in [5.74, 6) is -0.152. The number of aromatic nitrogens is 1. The van der Waals surface area contributed by atoms with E-state index in [0.717, 1.165) is 10.6 Å². The molecular formula is C16H19ClN2O2S. The topological polar surface area (TPSA) is 62.2 Å². The van der Waals surface area contributed by atoms with Gasteiger partial charge in [-0.2, -0.15) is 0 Å². The Hall–Kier alpha value is -1.43. The lowest BCUT2D eigenvalue weighted by Crippen LogP contribution is -2.38. The quantitative estimate of drug-likeness (QED) is 0.876. The van der Waals surface area contributed by atoms with E-state index in [2.05, 4.69) is 10.3 Å². The van der Waals surface area contributed by atoms with Crippen molar-refractivity contribution in [2.75, 3.05) is 6.61 Å². The molecule has 2 unspecified atom stereocenters. The minimum Gasteiger partial charge on any atom is -0.396 e. The average Bonchev–Trinajstić information content (AvgIpc) is 2.88. The number of rotatable bonds is 5. The summed E-state index contributed by atoms with van der Waals surface area (Å²) in [6.45, 7) is 5.63. The highest BCUT2D eigenvalue weighted by Gasteiger charge is 2.20. The largest absolute Gasteiger partial charge is 0.396 e. The summed E-state index contributed by atoms with van der Waals surface area (Å²) >= 11 is 7.34. The molecule has 0 saturated heterocycles. The van der Waals surface area contributed by atoms with Gasteiger partial charge in [0.2, 0.25) is 0 Å². The first-order valence-electron chi connectivity index (χ1n) is 7.07. The number of benzene rings is 1. The minimum absolute atomic E-state index is 0.00424. The van der Waals surface area contributed by atoms with Crippen LogP contribution in [0.4, 0.5) is 0 Å². The number of thiazole rings is 1. The molecule has 1 aromatic carbocycles. The van der Waals surface area contributed by atoms with E-state index in [1.165, 1.54) is 11.3 Å². The van der Waals surface area contributed by atoms with Crippen LogP contribution < -0.4 is 5.32 Å². The third-order valence-corrected chi connectivity index (χ3v) is 5.02. The fraction of sp³-hybridized carbons (Fsp3) is 0.375. The maximum absolute atomic E-state index is 12.4. The number of nitrogens with zero attached hydrogens (tertiary/aromatic N) is 1. The molecule has 0 aliphatic carbocycles. The summed E-state index contributed by atoms with van der Waals surface area (Å²) in [5.41, 5.74) is 1.60. The van der Waals surface area contributed by atoms with Crippen molar-refractivity contribution in [3.05, 3.63) is 39.9 Å². The highest BCUT2D eigenvalue weighted by atomic mass is 35.5. The molecule has 0 aliphatic heterocycles. The van der Waals surface area contributed by atoms with Crippen molar-refractivity contribution < 1.29 is 9.90 Å². The normalized spacial score (nSPS) is 13.7. The van der Waals surface area contributed by atoms with Gasteiger partial charge in [0.05, 0.1) is 5.69 Å². The Morgan fingerprint density at radius 3 is 2.82 bits per heavy atom. The van der Waals surface area contributed by atoms with Crippen LogP contribution in [0.1, 0.15) is 29.2 Å². The van der Waals surface area contributed by atoms with Crippen molar-refractivity contribution in [3.63, 3.8) is 0 Å². The number of carbonyl (C=O) groups excluding carboxylic acids is 1. The van der Waals surface area contributed by atoms with Crippen molar-refractivity contribution in [1.82, 2.24) is 10.3 Å². The molecular weight excluding hydrogens is 320 g/mol. The highest BCUT2D eigenvalue weighted by molar-refractivity contribution is 7.17. The fourth-order valence-corrected chi connectivity index (χ4v) is 3.08. The van der Waals surface area contributed by atoms with Gasteiger partial charge in [0.1, 0.15) is 9.88 Å². The maximum atomic E-state index is 12.4. The van der Waals surface area contributed by atoms with E-state index in [0.29, 0.717) is 15.6 Å². The minimum atomic E-state index is -0.156. The van der Waals surface area contributed by atoms with Gasteiger partial charge in [-0.25, -0.2) is 4.98 Å². The van der Waals surface area contributed by atoms with Crippen molar-refractivity contribution in [1.29, 1.82) is 0 Å².